The van der Waals surface area contributed by atoms with Crippen LogP contribution in [0.15, 0.2) is 18.3 Å². The lowest BCUT2D eigenvalue weighted by atomic mass is 9.69. The molecule has 1 amide bonds. The van der Waals surface area contributed by atoms with E-state index in [-0.39, 0.29) is 5.91 Å². The van der Waals surface area contributed by atoms with Crippen LogP contribution in [0.2, 0.25) is 5.15 Å². The van der Waals surface area contributed by atoms with Gasteiger partial charge in [-0.1, -0.05) is 36.9 Å². The third-order valence-corrected chi connectivity index (χ3v) is 3.68. The van der Waals surface area contributed by atoms with Crippen LogP contribution >= 0.6 is 11.6 Å². The minimum atomic E-state index is -0.518. The zero-order valence-corrected chi connectivity index (χ0v) is 9.83. The molecule has 0 bridgehead atoms. The lowest BCUT2D eigenvalue weighted by Crippen LogP contribution is -2.42. The molecule has 2 rings (SSSR count). The van der Waals surface area contributed by atoms with E-state index in [9.17, 15) is 4.79 Å². The molecule has 1 aromatic heterocycles. The van der Waals surface area contributed by atoms with Crippen molar-refractivity contribution in [2.75, 3.05) is 0 Å². The number of hydrogen-bond acceptors (Lipinski definition) is 2. The van der Waals surface area contributed by atoms with E-state index >= 15 is 0 Å². The van der Waals surface area contributed by atoms with E-state index in [0.29, 0.717) is 5.15 Å². The van der Waals surface area contributed by atoms with Gasteiger partial charge < -0.3 is 5.73 Å². The van der Waals surface area contributed by atoms with E-state index in [2.05, 4.69) is 4.98 Å². The van der Waals surface area contributed by atoms with E-state index in [1.165, 1.54) is 6.42 Å². The molecule has 0 spiro atoms. The summed E-state index contributed by atoms with van der Waals surface area (Å²) in [5.41, 5.74) is 5.96. The summed E-state index contributed by atoms with van der Waals surface area (Å²) in [6.45, 7) is 0. The van der Waals surface area contributed by atoms with Crippen LogP contribution in [0.4, 0.5) is 0 Å². The number of pyridine rings is 1. The summed E-state index contributed by atoms with van der Waals surface area (Å²) >= 11 is 5.75. The monoisotopic (exact) mass is 238 g/mol. The molecule has 0 aliphatic heterocycles. The number of nitrogens with two attached hydrogens (primary N) is 1. The van der Waals surface area contributed by atoms with E-state index in [4.69, 9.17) is 17.3 Å². The van der Waals surface area contributed by atoms with Gasteiger partial charge >= 0.3 is 0 Å². The van der Waals surface area contributed by atoms with Gasteiger partial charge in [-0.2, -0.15) is 0 Å². The lowest BCUT2D eigenvalue weighted by Gasteiger charge is -2.34. The first-order valence-electron chi connectivity index (χ1n) is 5.57. The standard InChI is InChI=1S/C12H15ClN2O/c13-10-5-4-9(8-15-10)12(11(14)16)6-2-1-3-7-12/h4-5,8H,1-3,6-7H2,(H2,14,16). The maximum Gasteiger partial charge on any atom is 0.228 e. The van der Waals surface area contributed by atoms with E-state index in [1.54, 1.807) is 12.3 Å². The van der Waals surface area contributed by atoms with Crippen molar-refractivity contribution in [2.24, 2.45) is 5.73 Å². The summed E-state index contributed by atoms with van der Waals surface area (Å²) in [7, 11) is 0. The predicted molar refractivity (Wildman–Crippen MR) is 63.2 cm³/mol. The Hall–Kier alpha value is -1.09. The van der Waals surface area contributed by atoms with Gasteiger partial charge in [-0.3, -0.25) is 4.79 Å². The van der Waals surface area contributed by atoms with Crippen LogP contribution in [0.3, 0.4) is 0 Å². The highest BCUT2D eigenvalue weighted by atomic mass is 35.5. The Morgan fingerprint density at radius 2 is 2.00 bits per heavy atom. The van der Waals surface area contributed by atoms with Crippen molar-refractivity contribution in [1.82, 2.24) is 4.98 Å². The lowest BCUT2D eigenvalue weighted by molar-refractivity contribution is -0.124. The van der Waals surface area contributed by atoms with Gasteiger partial charge in [-0.25, -0.2) is 4.98 Å². The van der Waals surface area contributed by atoms with Crippen LogP contribution in [-0.4, -0.2) is 10.9 Å². The van der Waals surface area contributed by atoms with Gasteiger partial charge in [0.2, 0.25) is 5.91 Å². The summed E-state index contributed by atoms with van der Waals surface area (Å²) in [5.74, 6) is -0.240. The molecular formula is C12H15ClN2O. The van der Waals surface area contributed by atoms with Gasteiger partial charge in [0.1, 0.15) is 5.15 Å². The number of carbonyl (C=O) groups excluding carboxylic acids is 1. The molecule has 0 aromatic carbocycles. The molecule has 1 aliphatic carbocycles. The predicted octanol–water partition coefficient (Wildman–Crippen LogP) is 2.42. The average molecular weight is 239 g/mol. The fourth-order valence-electron chi connectivity index (χ4n) is 2.49. The molecule has 3 nitrogen and oxygen atoms in total. The van der Waals surface area contributed by atoms with Crippen molar-refractivity contribution < 1.29 is 4.79 Å². The number of halogens is 1. The van der Waals surface area contributed by atoms with Gasteiger partial charge in [0.15, 0.2) is 0 Å². The fraction of sp³-hybridized carbons (Fsp3) is 0.500. The topological polar surface area (TPSA) is 56.0 Å². The molecule has 1 saturated carbocycles. The molecule has 0 unspecified atom stereocenters. The summed E-state index contributed by atoms with van der Waals surface area (Å²) < 4.78 is 0. The second-order valence-corrected chi connectivity index (χ2v) is 4.76. The fourth-order valence-corrected chi connectivity index (χ4v) is 2.60. The van der Waals surface area contributed by atoms with Crippen molar-refractivity contribution in [2.45, 2.75) is 37.5 Å². The van der Waals surface area contributed by atoms with Crippen LogP contribution in [0.1, 0.15) is 37.7 Å². The van der Waals surface area contributed by atoms with Gasteiger partial charge in [0.05, 0.1) is 5.41 Å². The molecule has 1 heterocycles. The maximum absolute atomic E-state index is 11.7. The highest BCUT2D eigenvalue weighted by Crippen LogP contribution is 2.39. The molecule has 4 heteroatoms. The molecule has 0 radical (unpaired) electrons. The van der Waals surface area contributed by atoms with Gasteiger partial charge in [-0.05, 0) is 24.5 Å². The molecule has 16 heavy (non-hydrogen) atoms. The van der Waals surface area contributed by atoms with Crippen LogP contribution in [0.5, 0.6) is 0 Å². The number of nitrogens with zero attached hydrogens (tertiary/aromatic N) is 1. The van der Waals surface area contributed by atoms with Crippen molar-refractivity contribution in [1.29, 1.82) is 0 Å². The Kier molecular flexibility index (Phi) is 3.15. The molecule has 0 atom stereocenters. The minimum Gasteiger partial charge on any atom is -0.369 e. The molecule has 1 aliphatic rings. The number of rotatable bonds is 2. The smallest absolute Gasteiger partial charge is 0.228 e. The highest BCUT2D eigenvalue weighted by Gasteiger charge is 2.39. The molecular weight excluding hydrogens is 224 g/mol. The number of hydrogen-bond donors (Lipinski definition) is 1. The maximum atomic E-state index is 11.7. The zero-order valence-electron chi connectivity index (χ0n) is 9.08. The SMILES string of the molecule is NC(=O)C1(c2ccc(Cl)nc2)CCCCC1. The number of carbonyl (C=O) groups is 1. The Balaban J connectivity index is 2.38. The number of primary amides is 1. The van der Waals surface area contributed by atoms with E-state index < -0.39 is 5.41 Å². The Morgan fingerprint density at radius 1 is 1.31 bits per heavy atom. The van der Waals surface area contributed by atoms with Crippen molar-refractivity contribution in [3.8, 4) is 0 Å². The van der Waals surface area contributed by atoms with Crippen LogP contribution in [0.25, 0.3) is 0 Å². The van der Waals surface area contributed by atoms with Crippen molar-refractivity contribution in [3.05, 3.63) is 29.0 Å². The van der Waals surface area contributed by atoms with Crippen molar-refractivity contribution >= 4 is 17.5 Å². The number of amides is 1. The van der Waals surface area contributed by atoms with E-state index in [0.717, 1.165) is 31.2 Å². The average Bonchev–Trinajstić information content (AvgIpc) is 2.30. The summed E-state index contributed by atoms with van der Waals surface area (Å²) in [4.78, 5) is 15.8. The first kappa shape index (κ1) is 11.4. The molecule has 2 N–H and O–H groups in total. The third kappa shape index (κ3) is 1.92. The third-order valence-electron chi connectivity index (χ3n) is 3.46. The summed E-state index contributed by atoms with van der Waals surface area (Å²) in [6, 6.07) is 3.58. The Bertz CT molecular complexity index is 383. The molecule has 1 aromatic rings. The van der Waals surface area contributed by atoms with Crippen molar-refractivity contribution in [3.63, 3.8) is 0 Å². The molecule has 86 valence electrons. The minimum absolute atomic E-state index is 0.240. The zero-order chi connectivity index (χ0) is 11.6. The second-order valence-electron chi connectivity index (χ2n) is 4.38. The van der Waals surface area contributed by atoms with E-state index in [1.807, 2.05) is 6.07 Å². The second kappa shape index (κ2) is 4.42. The van der Waals surface area contributed by atoms with Crippen LogP contribution < -0.4 is 5.73 Å². The largest absolute Gasteiger partial charge is 0.369 e. The highest BCUT2D eigenvalue weighted by molar-refractivity contribution is 6.29. The first-order valence-corrected chi connectivity index (χ1v) is 5.95. The first-order chi connectivity index (χ1) is 7.65. The normalized spacial score (nSPS) is 19.3. The van der Waals surface area contributed by atoms with Crippen LogP contribution in [-0.2, 0) is 10.2 Å². The van der Waals surface area contributed by atoms with Gasteiger partial charge in [-0.15, -0.1) is 0 Å². The summed E-state index contributed by atoms with van der Waals surface area (Å²) in [5, 5.41) is 0.444. The Labute approximate surface area is 100 Å². The molecule has 1 fully saturated rings. The number of aromatic nitrogens is 1. The summed E-state index contributed by atoms with van der Waals surface area (Å²) in [6.07, 6.45) is 6.60. The van der Waals surface area contributed by atoms with Gasteiger partial charge in [0.25, 0.3) is 0 Å². The van der Waals surface area contributed by atoms with Crippen LogP contribution in [0, 0.1) is 0 Å². The Morgan fingerprint density at radius 3 is 2.50 bits per heavy atom. The quantitative estimate of drug-likeness (QED) is 0.805. The van der Waals surface area contributed by atoms with Gasteiger partial charge in [0, 0.05) is 6.20 Å². The molecule has 0 saturated heterocycles.